The van der Waals surface area contributed by atoms with Gasteiger partial charge < -0.3 is 5.11 Å². The van der Waals surface area contributed by atoms with E-state index in [1.54, 1.807) is 12.1 Å². The van der Waals surface area contributed by atoms with Crippen molar-refractivity contribution in [2.45, 2.75) is 30.6 Å². The maximum atomic E-state index is 13.9. The molecule has 3 rings (SSSR count). The number of benzene rings is 2. The summed E-state index contributed by atoms with van der Waals surface area (Å²) in [4.78, 5) is 0.204. The Kier molecular flexibility index (Phi) is 5.73. The summed E-state index contributed by atoms with van der Waals surface area (Å²) in [5.74, 6) is -1.03. The van der Waals surface area contributed by atoms with Crippen LogP contribution in [0.5, 0.6) is 0 Å². The van der Waals surface area contributed by atoms with Crippen molar-refractivity contribution in [1.82, 2.24) is 0 Å². The molecule has 0 saturated heterocycles. The molecule has 0 spiro atoms. The average molecular weight is 380 g/mol. The van der Waals surface area contributed by atoms with E-state index in [4.69, 9.17) is 0 Å². The molecule has 1 aliphatic carbocycles. The van der Waals surface area contributed by atoms with Crippen LogP contribution in [0.15, 0.2) is 47.4 Å². The zero-order valence-electron chi connectivity index (χ0n) is 14.4. The monoisotopic (exact) mass is 380 g/mol. The van der Waals surface area contributed by atoms with Gasteiger partial charge in [-0.05, 0) is 60.9 Å². The SMILES string of the molecule is O=S(=O)(CC1CCCC(CO)C1)c1ccc(-c2ccc(F)cc2F)cc1. The van der Waals surface area contributed by atoms with E-state index in [-0.39, 0.29) is 34.7 Å². The van der Waals surface area contributed by atoms with Crippen LogP contribution in [-0.2, 0) is 9.84 Å². The second-order valence-electron chi connectivity index (χ2n) is 7.01. The van der Waals surface area contributed by atoms with Crippen LogP contribution in [0.4, 0.5) is 8.78 Å². The fraction of sp³-hybridized carbons (Fsp3) is 0.400. The van der Waals surface area contributed by atoms with E-state index in [1.807, 2.05) is 0 Å². The number of hydrogen-bond acceptors (Lipinski definition) is 3. The number of aliphatic hydroxyl groups is 1. The van der Waals surface area contributed by atoms with Gasteiger partial charge in [0, 0.05) is 18.2 Å². The standard InChI is InChI=1S/C20H22F2O3S/c21-17-6-9-19(20(22)11-17)16-4-7-18(8-5-16)26(24,25)13-15-3-1-2-14(10-15)12-23/h4-9,11,14-15,23H,1-3,10,12-13H2. The summed E-state index contributed by atoms with van der Waals surface area (Å²) in [7, 11) is -3.44. The third kappa shape index (κ3) is 4.30. The van der Waals surface area contributed by atoms with Crippen LogP contribution in [0.25, 0.3) is 11.1 Å². The predicted molar refractivity (Wildman–Crippen MR) is 96.4 cm³/mol. The van der Waals surface area contributed by atoms with Gasteiger partial charge in [0.2, 0.25) is 0 Å². The molecular weight excluding hydrogens is 358 g/mol. The number of sulfone groups is 1. The van der Waals surface area contributed by atoms with Crippen molar-refractivity contribution in [3.8, 4) is 11.1 Å². The van der Waals surface area contributed by atoms with Gasteiger partial charge in [0.25, 0.3) is 0 Å². The van der Waals surface area contributed by atoms with Crippen molar-refractivity contribution in [1.29, 1.82) is 0 Å². The van der Waals surface area contributed by atoms with Gasteiger partial charge in [-0.1, -0.05) is 18.6 Å². The molecule has 0 aromatic heterocycles. The largest absolute Gasteiger partial charge is 0.396 e. The number of aliphatic hydroxyl groups excluding tert-OH is 1. The molecule has 1 saturated carbocycles. The summed E-state index contributed by atoms with van der Waals surface area (Å²) >= 11 is 0. The fourth-order valence-corrected chi connectivity index (χ4v) is 5.36. The Morgan fingerprint density at radius 2 is 1.69 bits per heavy atom. The molecule has 0 amide bonds. The molecule has 26 heavy (non-hydrogen) atoms. The van der Waals surface area contributed by atoms with Crippen LogP contribution in [-0.4, -0.2) is 25.9 Å². The van der Waals surface area contributed by atoms with Gasteiger partial charge in [-0.25, -0.2) is 17.2 Å². The minimum atomic E-state index is -3.44. The number of rotatable bonds is 5. The lowest BCUT2D eigenvalue weighted by Gasteiger charge is -2.27. The molecular formula is C20H22F2O3S. The van der Waals surface area contributed by atoms with Crippen molar-refractivity contribution in [3.05, 3.63) is 54.1 Å². The van der Waals surface area contributed by atoms with Gasteiger partial charge in [-0.15, -0.1) is 0 Å². The topological polar surface area (TPSA) is 54.4 Å². The summed E-state index contributed by atoms with van der Waals surface area (Å²) in [6.07, 6.45) is 3.47. The van der Waals surface area contributed by atoms with Gasteiger partial charge in [0.05, 0.1) is 10.6 Å². The molecule has 2 aromatic rings. The van der Waals surface area contributed by atoms with Gasteiger partial charge in [0.15, 0.2) is 9.84 Å². The lowest BCUT2D eigenvalue weighted by Crippen LogP contribution is -2.24. The maximum Gasteiger partial charge on any atom is 0.178 e. The lowest BCUT2D eigenvalue weighted by atomic mass is 9.83. The molecule has 1 N–H and O–H groups in total. The van der Waals surface area contributed by atoms with Crippen molar-refractivity contribution in [3.63, 3.8) is 0 Å². The highest BCUT2D eigenvalue weighted by molar-refractivity contribution is 7.91. The van der Waals surface area contributed by atoms with E-state index in [1.165, 1.54) is 24.3 Å². The zero-order valence-corrected chi connectivity index (χ0v) is 15.2. The zero-order chi connectivity index (χ0) is 18.7. The number of hydrogen-bond donors (Lipinski definition) is 1. The highest BCUT2D eigenvalue weighted by Crippen LogP contribution is 2.31. The molecule has 6 heteroatoms. The van der Waals surface area contributed by atoms with Crippen molar-refractivity contribution in [2.24, 2.45) is 11.8 Å². The van der Waals surface area contributed by atoms with Gasteiger partial charge in [-0.2, -0.15) is 0 Å². The first kappa shape index (κ1) is 19.0. The molecule has 140 valence electrons. The smallest absolute Gasteiger partial charge is 0.178 e. The van der Waals surface area contributed by atoms with Crippen LogP contribution in [0.2, 0.25) is 0 Å². The highest BCUT2D eigenvalue weighted by atomic mass is 32.2. The lowest BCUT2D eigenvalue weighted by molar-refractivity contribution is 0.167. The molecule has 2 aromatic carbocycles. The predicted octanol–water partition coefficient (Wildman–Crippen LogP) is 4.20. The van der Waals surface area contributed by atoms with E-state index in [0.29, 0.717) is 5.56 Å². The van der Waals surface area contributed by atoms with E-state index in [9.17, 15) is 22.3 Å². The van der Waals surface area contributed by atoms with Crippen LogP contribution < -0.4 is 0 Å². The molecule has 1 fully saturated rings. The minimum Gasteiger partial charge on any atom is -0.396 e. The van der Waals surface area contributed by atoms with Crippen LogP contribution in [0.1, 0.15) is 25.7 Å². The Labute approximate surface area is 152 Å². The summed E-state index contributed by atoms with van der Waals surface area (Å²) in [6.45, 7) is 0.106. The first-order chi connectivity index (χ1) is 12.4. The first-order valence-corrected chi connectivity index (χ1v) is 10.4. The molecule has 0 heterocycles. The Balaban J connectivity index is 1.76. The van der Waals surface area contributed by atoms with Crippen molar-refractivity contribution in [2.75, 3.05) is 12.4 Å². The highest BCUT2D eigenvalue weighted by Gasteiger charge is 2.27. The average Bonchev–Trinajstić information content (AvgIpc) is 2.62. The van der Waals surface area contributed by atoms with Crippen molar-refractivity contribution >= 4 is 9.84 Å². The van der Waals surface area contributed by atoms with Gasteiger partial charge >= 0.3 is 0 Å². The molecule has 2 atom stereocenters. The van der Waals surface area contributed by atoms with E-state index in [0.717, 1.165) is 31.7 Å². The van der Waals surface area contributed by atoms with E-state index >= 15 is 0 Å². The molecule has 0 aliphatic heterocycles. The van der Waals surface area contributed by atoms with Gasteiger partial charge in [-0.3, -0.25) is 0 Å². The van der Waals surface area contributed by atoms with Crippen LogP contribution in [0.3, 0.4) is 0 Å². The molecule has 0 bridgehead atoms. The molecule has 0 radical (unpaired) electrons. The first-order valence-electron chi connectivity index (χ1n) is 8.78. The maximum absolute atomic E-state index is 13.9. The molecule has 3 nitrogen and oxygen atoms in total. The molecule has 1 aliphatic rings. The van der Waals surface area contributed by atoms with E-state index < -0.39 is 21.5 Å². The quantitative estimate of drug-likeness (QED) is 0.846. The Morgan fingerprint density at radius 3 is 2.35 bits per heavy atom. The van der Waals surface area contributed by atoms with Crippen LogP contribution in [0, 0.1) is 23.5 Å². The third-order valence-corrected chi connectivity index (χ3v) is 6.96. The fourth-order valence-electron chi connectivity index (χ4n) is 3.69. The van der Waals surface area contributed by atoms with Crippen molar-refractivity contribution < 1.29 is 22.3 Å². The summed E-state index contributed by atoms with van der Waals surface area (Å²) in [5, 5.41) is 9.30. The summed E-state index contributed by atoms with van der Waals surface area (Å²) < 4.78 is 52.2. The van der Waals surface area contributed by atoms with Gasteiger partial charge in [0.1, 0.15) is 11.6 Å². The Morgan fingerprint density at radius 1 is 1.00 bits per heavy atom. The van der Waals surface area contributed by atoms with E-state index in [2.05, 4.69) is 0 Å². The second kappa shape index (κ2) is 7.84. The minimum absolute atomic E-state index is 0.0557. The normalized spacial score (nSPS) is 20.9. The van der Waals surface area contributed by atoms with Crippen LogP contribution >= 0.6 is 0 Å². The summed E-state index contributed by atoms with van der Waals surface area (Å²) in [6, 6.07) is 9.34. The molecule has 2 unspecified atom stereocenters. The summed E-state index contributed by atoms with van der Waals surface area (Å²) in [5.41, 5.74) is 0.730. The number of halogens is 2. The Bertz CT molecular complexity index is 863. The second-order valence-corrected chi connectivity index (χ2v) is 9.05. The Hall–Kier alpha value is -1.79. The third-order valence-electron chi connectivity index (χ3n) is 5.06.